The molecule has 1 aromatic rings. The van der Waals surface area contributed by atoms with Gasteiger partial charge in [0.15, 0.2) is 17.6 Å². The van der Waals surface area contributed by atoms with Crippen LogP contribution in [-0.2, 0) is 4.79 Å². The number of carbonyl (C=O) groups is 3. The minimum Gasteiger partial charge on any atom is -0.493 e. The van der Waals surface area contributed by atoms with Gasteiger partial charge in [-0.25, -0.2) is 4.79 Å². The minimum absolute atomic E-state index is 0.251. The molecule has 0 saturated heterocycles. The van der Waals surface area contributed by atoms with Crippen LogP contribution in [0, 0.1) is 0 Å². The fraction of sp³-hybridized carbons (Fsp3) is 0.357. The van der Waals surface area contributed by atoms with Gasteiger partial charge < -0.3 is 14.8 Å². The molecule has 1 unspecified atom stereocenters. The number of benzene rings is 1. The average Bonchev–Trinajstić information content (AvgIpc) is 2.47. The number of carbonyl (C=O) groups excluding carboxylic acids is 3. The smallest absolute Gasteiger partial charge is 0.321 e. The van der Waals surface area contributed by atoms with Crippen LogP contribution in [0.15, 0.2) is 18.2 Å². The molecule has 0 heterocycles. The highest BCUT2D eigenvalue weighted by atomic mass is 16.5. The van der Waals surface area contributed by atoms with Crippen molar-refractivity contribution in [2.24, 2.45) is 0 Å². The van der Waals surface area contributed by atoms with Crippen LogP contribution in [0.3, 0.4) is 0 Å². The maximum Gasteiger partial charge on any atom is 0.321 e. The molecule has 0 radical (unpaired) electrons. The van der Waals surface area contributed by atoms with Crippen molar-refractivity contribution < 1.29 is 23.9 Å². The van der Waals surface area contributed by atoms with Crippen molar-refractivity contribution in [3.8, 4) is 11.5 Å². The second-order valence-electron chi connectivity index (χ2n) is 4.14. The van der Waals surface area contributed by atoms with E-state index in [1.54, 1.807) is 19.1 Å². The zero-order valence-electron chi connectivity index (χ0n) is 12.1. The van der Waals surface area contributed by atoms with Crippen LogP contribution in [-0.4, -0.2) is 38.0 Å². The fourth-order valence-electron chi connectivity index (χ4n) is 1.52. The minimum atomic E-state index is -0.927. The Morgan fingerprint density at radius 3 is 2.62 bits per heavy atom. The maximum absolute atomic E-state index is 11.8. The maximum atomic E-state index is 11.8. The van der Waals surface area contributed by atoms with E-state index < -0.39 is 18.0 Å². The lowest BCUT2D eigenvalue weighted by Crippen LogP contribution is -2.45. The zero-order chi connectivity index (χ0) is 15.8. The Morgan fingerprint density at radius 2 is 2.05 bits per heavy atom. The summed E-state index contributed by atoms with van der Waals surface area (Å²) in [5.41, 5.74) is 0.391. The summed E-state index contributed by atoms with van der Waals surface area (Å²) in [6.07, 6.45) is -0.269. The Bertz CT molecular complexity index is 530. The molecule has 0 aliphatic carbocycles. The molecule has 114 valence electrons. The van der Waals surface area contributed by atoms with Gasteiger partial charge in [0.05, 0.1) is 7.11 Å². The molecule has 7 nitrogen and oxygen atoms in total. The van der Waals surface area contributed by atoms with Crippen LogP contribution in [0.2, 0.25) is 0 Å². The lowest BCUT2D eigenvalue weighted by molar-refractivity contribution is -0.126. The van der Waals surface area contributed by atoms with Crippen molar-refractivity contribution in [2.45, 2.75) is 20.0 Å². The van der Waals surface area contributed by atoms with Gasteiger partial charge in [0.25, 0.3) is 5.91 Å². The average molecular weight is 294 g/mol. The van der Waals surface area contributed by atoms with Crippen molar-refractivity contribution in [1.82, 2.24) is 10.6 Å². The van der Waals surface area contributed by atoms with Gasteiger partial charge in [0, 0.05) is 12.1 Å². The number of urea groups is 1. The third-order valence-corrected chi connectivity index (χ3v) is 2.57. The van der Waals surface area contributed by atoms with E-state index in [0.717, 1.165) is 0 Å². The highest BCUT2D eigenvalue weighted by Crippen LogP contribution is 2.28. The number of imide groups is 1. The molecule has 3 amide bonds. The van der Waals surface area contributed by atoms with Crippen LogP contribution in [0.5, 0.6) is 11.5 Å². The molecule has 1 rings (SSSR count). The summed E-state index contributed by atoms with van der Waals surface area (Å²) in [4.78, 5) is 33.8. The Labute approximate surface area is 122 Å². The summed E-state index contributed by atoms with van der Waals surface area (Å²) in [5.74, 6) is 0.0402. The largest absolute Gasteiger partial charge is 0.493 e. The second-order valence-corrected chi connectivity index (χ2v) is 4.14. The topological polar surface area (TPSA) is 93.7 Å². The van der Waals surface area contributed by atoms with Crippen LogP contribution >= 0.6 is 0 Å². The fourth-order valence-corrected chi connectivity index (χ4v) is 1.52. The summed E-state index contributed by atoms with van der Waals surface area (Å²) >= 11 is 0. The van der Waals surface area contributed by atoms with Gasteiger partial charge >= 0.3 is 6.03 Å². The SMILES string of the molecule is CCNC(=O)NC(=O)C(C)Oc1cc(C=O)ccc1OC. The van der Waals surface area contributed by atoms with Gasteiger partial charge in [-0.1, -0.05) is 0 Å². The van der Waals surface area contributed by atoms with Crippen molar-refractivity contribution in [2.75, 3.05) is 13.7 Å². The molecular formula is C14H18N2O5. The molecule has 7 heteroatoms. The summed E-state index contributed by atoms with van der Waals surface area (Å²) in [7, 11) is 1.45. The van der Waals surface area contributed by atoms with Crippen LogP contribution in [0.25, 0.3) is 0 Å². The zero-order valence-corrected chi connectivity index (χ0v) is 12.1. The van der Waals surface area contributed by atoms with E-state index in [-0.39, 0.29) is 5.75 Å². The number of nitrogens with one attached hydrogen (secondary N) is 2. The van der Waals surface area contributed by atoms with Gasteiger partial charge in [-0.2, -0.15) is 0 Å². The number of methoxy groups -OCH3 is 1. The highest BCUT2D eigenvalue weighted by Gasteiger charge is 2.19. The molecule has 1 aromatic carbocycles. The van der Waals surface area contributed by atoms with Crippen LogP contribution in [0.1, 0.15) is 24.2 Å². The molecule has 0 aliphatic rings. The Hall–Kier alpha value is -2.57. The van der Waals surface area contributed by atoms with Gasteiger partial charge in [0.1, 0.15) is 6.29 Å². The van der Waals surface area contributed by atoms with E-state index >= 15 is 0 Å². The van der Waals surface area contributed by atoms with E-state index in [2.05, 4.69) is 10.6 Å². The lowest BCUT2D eigenvalue weighted by Gasteiger charge is -2.16. The van der Waals surface area contributed by atoms with E-state index in [4.69, 9.17) is 9.47 Å². The first-order chi connectivity index (χ1) is 10.0. The molecule has 0 aromatic heterocycles. The van der Waals surface area contributed by atoms with E-state index in [0.29, 0.717) is 24.1 Å². The third-order valence-electron chi connectivity index (χ3n) is 2.57. The highest BCUT2D eigenvalue weighted by molar-refractivity contribution is 5.96. The van der Waals surface area contributed by atoms with E-state index in [9.17, 15) is 14.4 Å². The second kappa shape index (κ2) is 7.88. The van der Waals surface area contributed by atoms with Crippen molar-refractivity contribution >= 4 is 18.2 Å². The number of hydrogen-bond acceptors (Lipinski definition) is 5. The number of rotatable bonds is 6. The van der Waals surface area contributed by atoms with Crippen molar-refractivity contribution in [3.63, 3.8) is 0 Å². The molecule has 1 atom stereocenters. The predicted molar refractivity (Wildman–Crippen MR) is 75.7 cm³/mol. The summed E-state index contributed by atoms with van der Waals surface area (Å²) in [5, 5.41) is 4.58. The number of amides is 3. The Morgan fingerprint density at radius 1 is 1.33 bits per heavy atom. The standard InChI is InChI=1S/C14H18N2O5/c1-4-15-14(19)16-13(18)9(2)21-12-7-10(8-17)5-6-11(12)20-3/h5-9H,4H2,1-3H3,(H2,15,16,18,19). The monoisotopic (exact) mass is 294 g/mol. The van der Waals surface area contributed by atoms with Gasteiger partial charge in [-0.05, 0) is 32.0 Å². The summed E-state index contributed by atoms with van der Waals surface area (Å²) < 4.78 is 10.5. The van der Waals surface area contributed by atoms with E-state index in [1.807, 2.05) is 0 Å². The molecule has 0 aliphatic heterocycles. The molecule has 0 fully saturated rings. The molecule has 0 saturated carbocycles. The summed E-state index contributed by atoms with van der Waals surface area (Å²) in [6, 6.07) is 4.00. The quantitative estimate of drug-likeness (QED) is 0.767. The van der Waals surface area contributed by atoms with Crippen LogP contribution < -0.4 is 20.1 Å². The van der Waals surface area contributed by atoms with Crippen molar-refractivity contribution in [1.29, 1.82) is 0 Å². The molecule has 0 spiro atoms. The molecule has 0 bridgehead atoms. The normalized spacial score (nSPS) is 11.2. The van der Waals surface area contributed by atoms with E-state index in [1.165, 1.54) is 20.1 Å². The Kier molecular flexibility index (Phi) is 6.19. The number of ether oxygens (including phenoxy) is 2. The van der Waals surface area contributed by atoms with Crippen LogP contribution in [0.4, 0.5) is 4.79 Å². The van der Waals surface area contributed by atoms with Gasteiger partial charge in [-0.3, -0.25) is 14.9 Å². The Balaban J connectivity index is 2.77. The first kappa shape index (κ1) is 16.5. The lowest BCUT2D eigenvalue weighted by atomic mass is 10.2. The third kappa shape index (κ3) is 4.79. The van der Waals surface area contributed by atoms with Gasteiger partial charge in [-0.15, -0.1) is 0 Å². The van der Waals surface area contributed by atoms with Gasteiger partial charge in [0.2, 0.25) is 0 Å². The van der Waals surface area contributed by atoms with Crippen molar-refractivity contribution in [3.05, 3.63) is 23.8 Å². The molecule has 2 N–H and O–H groups in total. The number of aldehydes is 1. The first-order valence-electron chi connectivity index (χ1n) is 6.40. The summed E-state index contributed by atoms with van der Waals surface area (Å²) in [6.45, 7) is 3.63. The molecule has 21 heavy (non-hydrogen) atoms. The first-order valence-corrected chi connectivity index (χ1v) is 6.40. The molecular weight excluding hydrogens is 276 g/mol. The number of hydrogen-bond donors (Lipinski definition) is 2. The predicted octanol–water partition coefficient (Wildman–Crippen LogP) is 1.12.